The Labute approximate surface area is 149 Å². The number of nitrogens with one attached hydrogen (secondary N) is 1. The average Bonchev–Trinajstić information content (AvgIpc) is 2.87. The number of amides is 1. The van der Waals surface area contributed by atoms with E-state index in [-0.39, 0.29) is 5.91 Å². The summed E-state index contributed by atoms with van der Waals surface area (Å²) in [6, 6.07) is 6.03. The van der Waals surface area contributed by atoms with Gasteiger partial charge >= 0.3 is 0 Å². The minimum absolute atomic E-state index is 0.109. The molecule has 0 saturated carbocycles. The zero-order valence-electron chi connectivity index (χ0n) is 15.3. The Balaban J connectivity index is 1.38. The molecule has 0 atom stereocenters. The molecular weight excluding hydrogens is 316 g/mol. The lowest BCUT2D eigenvalue weighted by Crippen LogP contribution is -2.39. The molecule has 1 aromatic carbocycles. The van der Waals surface area contributed by atoms with E-state index in [1.54, 1.807) is 0 Å². The summed E-state index contributed by atoms with van der Waals surface area (Å²) in [6.07, 6.45) is 2.70. The van der Waals surface area contributed by atoms with Crippen LogP contribution in [0.25, 0.3) is 11.1 Å². The van der Waals surface area contributed by atoms with Gasteiger partial charge in [-0.15, -0.1) is 0 Å². The van der Waals surface area contributed by atoms with Crippen molar-refractivity contribution < 1.29 is 9.21 Å². The highest BCUT2D eigenvalue weighted by Gasteiger charge is 2.14. The maximum atomic E-state index is 12.1. The summed E-state index contributed by atoms with van der Waals surface area (Å²) < 4.78 is 5.76. The zero-order chi connectivity index (χ0) is 17.6. The fraction of sp³-hybridized carbons (Fsp3) is 0.579. The first-order valence-corrected chi connectivity index (χ1v) is 9.14. The van der Waals surface area contributed by atoms with E-state index in [0.717, 1.165) is 62.4 Å². The number of aryl methyl sites for hydroxylation is 2. The number of carbonyl (C=O) groups is 1. The van der Waals surface area contributed by atoms with Crippen LogP contribution in [0, 0.1) is 6.92 Å². The molecule has 1 aromatic heterocycles. The van der Waals surface area contributed by atoms with Gasteiger partial charge in [0.2, 0.25) is 5.91 Å². The number of carbonyl (C=O) groups excluding carboxylic acids is 1. The Morgan fingerprint density at radius 2 is 2.16 bits per heavy atom. The van der Waals surface area contributed by atoms with Crippen LogP contribution in [0.5, 0.6) is 0 Å². The number of rotatable bonds is 6. The van der Waals surface area contributed by atoms with E-state index < -0.39 is 0 Å². The van der Waals surface area contributed by atoms with Crippen molar-refractivity contribution in [3.8, 4) is 0 Å². The molecule has 0 aliphatic carbocycles. The van der Waals surface area contributed by atoms with Gasteiger partial charge in [-0.1, -0.05) is 6.07 Å². The quantitative estimate of drug-likeness (QED) is 0.810. The topological polar surface area (TPSA) is 61.6 Å². The molecule has 2 heterocycles. The first-order valence-electron chi connectivity index (χ1n) is 9.14. The van der Waals surface area contributed by atoms with Crippen LogP contribution in [-0.4, -0.2) is 67.0 Å². The minimum atomic E-state index is 0.109. The van der Waals surface area contributed by atoms with Gasteiger partial charge < -0.3 is 14.6 Å². The van der Waals surface area contributed by atoms with Crippen LogP contribution in [0.1, 0.15) is 24.3 Å². The van der Waals surface area contributed by atoms with Crippen LogP contribution in [0.4, 0.5) is 0 Å². The van der Waals surface area contributed by atoms with Crippen molar-refractivity contribution in [1.29, 1.82) is 0 Å². The molecule has 2 aromatic rings. The number of aromatic nitrogens is 1. The third-order valence-corrected chi connectivity index (χ3v) is 4.66. The second-order valence-electron chi connectivity index (χ2n) is 6.97. The van der Waals surface area contributed by atoms with E-state index in [4.69, 9.17) is 4.42 Å². The van der Waals surface area contributed by atoms with Crippen molar-refractivity contribution in [2.75, 3.05) is 46.3 Å². The minimum Gasteiger partial charge on any atom is -0.441 e. The Bertz CT molecular complexity index is 713. The molecule has 1 fully saturated rings. The SMILES string of the molecule is Cc1ccc2nc(CCCNC(=O)CN3CCCN(C)CC3)oc2c1. The highest BCUT2D eigenvalue weighted by atomic mass is 16.3. The van der Waals surface area contributed by atoms with Crippen LogP contribution in [-0.2, 0) is 11.2 Å². The third kappa shape index (κ3) is 5.28. The average molecular weight is 344 g/mol. The van der Waals surface area contributed by atoms with Gasteiger partial charge in [0.25, 0.3) is 0 Å². The molecule has 25 heavy (non-hydrogen) atoms. The van der Waals surface area contributed by atoms with E-state index in [2.05, 4.69) is 27.1 Å². The number of hydrogen-bond acceptors (Lipinski definition) is 5. The first-order chi connectivity index (χ1) is 12.1. The largest absolute Gasteiger partial charge is 0.441 e. The summed E-state index contributed by atoms with van der Waals surface area (Å²) in [7, 11) is 2.14. The third-order valence-electron chi connectivity index (χ3n) is 4.66. The maximum absolute atomic E-state index is 12.1. The summed E-state index contributed by atoms with van der Waals surface area (Å²) in [6.45, 7) is 7.30. The number of fused-ring (bicyclic) bond motifs is 1. The number of nitrogens with zero attached hydrogens (tertiary/aromatic N) is 3. The van der Waals surface area contributed by atoms with Crippen LogP contribution >= 0.6 is 0 Å². The Morgan fingerprint density at radius 3 is 3.04 bits per heavy atom. The van der Waals surface area contributed by atoms with Crippen molar-refractivity contribution in [3.05, 3.63) is 29.7 Å². The number of hydrogen-bond donors (Lipinski definition) is 1. The monoisotopic (exact) mass is 344 g/mol. The number of benzene rings is 1. The van der Waals surface area contributed by atoms with Gasteiger partial charge in [0.1, 0.15) is 5.52 Å². The van der Waals surface area contributed by atoms with Gasteiger partial charge in [-0.3, -0.25) is 9.69 Å². The van der Waals surface area contributed by atoms with Crippen molar-refractivity contribution in [2.45, 2.75) is 26.2 Å². The van der Waals surface area contributed by atoms with Gasteiger partial charge in [-0.2, -0.15) is 0 Å². The van der Waals surface area contributed by atoms with Crippen LogP contribution < -0.4 is 5.32 Å². The fourth-order valence-corrected chi connectivity index (χ4v) is 3.17. The molecule has 1 aliphatic heterocycles. The molecule has 1 aliphatic rings. The smallest absolute Gasteiger partial charge is 0.234 e. The first kappa shape index (κ1) is 17.9. The van der Waals surface area contributed by atoms with E-state index in [9.17, 15) is 4.79 Å². The van der Waals surface area contributed by atoms with E-state index in [1.807, 2.05) is 25.1 Å². The summed E-state index contributed by atoms with van der Waals surface area (Å²) in [5.41, 5.74) is 2.91. The lowest BCUT2D eigenvalue weighted by molar-refractivity contribution is -0.122. The molecule has 3 rings (SSSR count). The Hall–Kier alpha value is -1.92. The Morgan fingerprint density at radius 1 is 1.28 bits per heavy atom. The molecule has 1 amide bonds. The maximum Gasteiger partial charge on any atom is 0.234 e. The van der Waals surface area contributed by atoms with Gasteiger partial charge in [0, 0.05) is 26.1 Å². The molecular formula is C19H28N4O2. The second kappa shape index (κ2) is 8.45. The predicted molar refractivity (Wildman–Crippen MR) is 98.6 cm³/mol. The molecule has 136 valence electrons. The van der Waals surface area contributed by atoms with Gasteiger partial charge in [0.15, 0.2) is 11.5 Å². The summed E-state index contributed by atoms with van der Waals surface area (Å²) in [5, 5.41) is 3.01. The van der Waals surface area contributed by atoms with Gasteiger partial charge in [-0.25, -0.2) is 4.98 Å². The molecule has 1 saturated heterocycles. The Kier molecular flexibility index (Phi) is 6.04. The number of likely N-dealkylation sites (N-methyl/N-ethyl adjacent to an activating group) is 1. The summed E-state index contributed by atoms with van der Waals surface area (Å²) >= 11 is 0. The molecule has 0 radical (unpaired) electrons. The van der Waals surface area contributed by atoms with E-state index in [1.165, 1.54) is 5.56 Å². The highest BCUT2D eigenvalue weighted by molar-refractivity contribution is 5.78. The molecule has 6 heteroatoms. The van der Waals surface area contributed by atoms with Gasteiger partial charge in [-0.05, 0) is 57.6 Å². The van der Waals surface area contributed by atoms with Crippen LogP contribution in [0.15, 0.2) is 22.6 Å². The van der Waals surface area contributed by atoms with Crippen molar-refractivity contribution in [2.24, 2.45) is 0 Å². The van der Waals surface area contributed by atoms with Crippen molar-refractivity contribution in [3.63, 3.8) is 0 Å². The van der Waals surface area contributed by atoms with Crippen LogP contribution in [0.3, 0.4) is 0 Å². The zero-order valence-corrected chi connectivity index (χ0v) is 15.3. The molecule has 0 spiro atoms. The predicted octanol–water partition coefficient (Wildman–Crippen LogP) is 1.82. The van der Waals surface area contributed by atoms with Gasteiger partial charge in [0.05, 0.1) is 6.54 Å². The van der Waals surface area contributed by atoms with E-state index >= 15 is 0 Å². The lowest BCUT2D eigenvalue weighted by Gasteiger charge is -2.19. The summed E-state index contributed by atoms with van der Waals surface area (Å²) in [4.78, 5) is 21.1. The standard InChI is InChI=1S/C19H28N4O2/c1-15-6-7-16-17(13-15)25-19(21-16)5-3-8-20-18(24)14-23-10-4-9-22(2)11-12-23/h6-7,13H,3-5,8-12,14H2,1-2H3,(H,20,24). The second-order valence-corrected chi connectivity index (χ2v) is 6.97. The molecule has 0 unspecified atom stereocenters. The van der Waals surface area contributed by atoms with Crippen molar-refractivity contribution >= 4 is 17.0 Å². The van der Waals surface area contributed by atoms with Crippen LogP contribution in [0.2, 0.25) is 0 Å². The highest BCUT2D eigenvalue weighted by Crippen LogP contribution is 2.17. The fourth-order valence-electron chi connectivity index (χ4n) is 3.17. The molecule has 1 N–H and O–H groups in total. The summed E-state index contributed by atoms with van der Waals surface area (Å²) in [5.74, 6) is 0.850. The normalized spacial score (nSPS) is 16.9. The lowest BCUT2D eigenvalue weighted by atomic mass is 10.2. The number of oxazole rings is 1. The van der Waals surface area contributed by atoms with Crippen molar-refractivity contribution in [1.82, 2.24) is 20.1 Å². The molecule has 6 nitrogen and oxygen atoms in total. The molecule has 0 bridgehead atoms. The van der Waals surface area contributed by atoms with E-state index in [0.29, 0.717) is 13.1 Å².